The Bertz CT molecular complexity index is 324. The fraction of sp³-hybridized carbons (Fsp3) is 0.941. The molecule has 2 fully saturated rings. The van der Waals surface area contributed by atoms with Gasteiger partial charge in [-0.15, -0.1) is 0 Å². The van der Waals surface area contributed by atoms with Crippen molar-refractivity contribution in [3.63, 3.8) is 0 Å². The van der Waals surface area contributed by atoms with Crippen molar-refractivity contribution in [2.45, 2.75) is 89.4 Å². The molecule has 3 N–H and O–H groups in total. The zero-order valence-electron chi connectivity index (χ0n) is 13.6. The van der Waals surface area contributed by atoms with Crippen molar-refractivity contribution in [2.24, 2.45) is 11.1 Å². The first kappa shape index (κ1) is 16.9. The predicted molar refractivity (Wildman–Crippen MR) is 85.0 cm³/mol. The fourth-order valence-electron chi connectivity index (χ4n) is 4.16. The summed E-state index contributed by atoms with van der Waals surface area (Å²) in [6, 6.07) is 1.06. The second-order valence-corrected chi connectivity index (χ2v) is 7.84. The molecule has 2 saturated heterocycles. The Morgan fingerprint density at radius 1 is 1.24 bits per heavy atom. The molecule has 0 unspecified atom stereocenters. The van der Waals surface area contributed by atoms with Gasteiger partial charge >= 0.3 is 0 Å². The zero-order chi connectivity index (χ0) is 15.5. The number of nitrogens with zero attached hydrogens (tertiary/aromatic N) is 1. The molecule has 0 saturated carbocycles. The molecule has 2 aliphatic rings. The number of carbonyl (C=O) groups is 1. The smallest absolute Gasteiger partial charge is 0.120 e. The van der Waals surface area contributed by atoms with Crippen LogP contribution in [-0.4, -0.2) is 47.1 Å². The molecule has 2 aliphatic heterocycles. The van der Waals surface area contributed by atoms with E-state index in [4.69, 9.17) is 5.73 Å². The van der Waals surface area contributed by atoms with Crippen LogP contribution >= 0.6 is 0 Å². The Balaban J connectivity index is 1.88. The van der Waals surface area contributed by atoms with E-state index in [9.17, 15) is 9.90 Å². The van der Waals surface area contributed by atoms with Gasteiger partial charge in [0.05, 0.1) is 6.10 Å². The average molecular weight is 296 g/mol. The summed E-state index contributed by atoms with van der Waals surface area (Å²) in [5.41, 5.74) is 6.08. The molecule has 122 valence electrons. The van der Waals surface area contributed by atoms with Crippen LogP contribution in [0.3, 0.4) is 0 Å². The Morgan fingerprint density at radius 2 is 1.76 bits per heavy atom. The van der Waals surface area contributed by atoms with Crippen molar-refractivity contribution in [3.8, 4) is 0 Å². The highest BCUT2D eigenvalue weighted by Crippen LogP contribution is 2.34. The van der Waals surface area contributed by atoms with Gasteiger partial charge in [-0.2, -0.15) is 0 Å². The summed E-state index contributed by atoms with van der Waals surface area (Å²) in [5, 5.41) is 10.5. The van der Waals surface area contributed by atoms with Crippen molar-refractivity contribution in [3.05, 3.63) is 0 Å². The molecule has 0 spiro atoms. The maximum atomic E-state index is 10.7. The van der Waals surface area contributed by atoms with E-state index in [1.165, 1.54) is 38.5 Å². The second-order valence-electron chi connectivity index (χ2n) is 7.84. The van der Waals surface area contributed by atoms with Crippen molar-refractivity contribution in [2.75, 3.05) is 6.54 Å². The number of aliphatic hydroxyl groups excluding tert-OH is 1. The van der Waals surface area contributed by atoms with Crippen LogP contribution in [0.15, 0.2) is 0 Å². The second kappa shape index (κ2) is 7.21. The molecular weight excluding hydrogens is 264 g/mol. The number of piperidine rings is 2. The Kier molecular flexibility index (Phi) is 5.81. The van der Waals surface area contributed by atoms with Gasteiger partial charge in [0.2, 0.25) is 0 Å². The molecule has 2 atom stereocenters. The minimum absolute atomic E-state index is 0.125. The van der Waals surface area contributed by atoms with E-state index in [0.717, 1.165) is 6.29 Å². The van der Waals surface area contributed by atoms with Crippen LogP contribution < -0.4 is 5.73 Å². The number of aldehydes is 1. The molecule has 0 radical (unpaired) electrons. The van der Waals surface area contributed by atoms with E-state index < -0.39 is 6.10 Å². The van der Waals surface area contributed by atoms with Crippen LogP contribution in [0.25, 0.3) is 0 Å². The number of nitrogens with two attached hydrogens (primary N) is 1. The molecule has 0 amide bonds. The monoisotopic (exact) mass is 296 g/mol. The summed E-state index contributed by atoms with van der Waals surface area (Å²) in [7, 11) is 0. The lowest BCUT2D eigenvalue weighted by molar-refractivity contribution is -0.109. The number of hydrogen-bond acceptors (Lipinski definition) is 4. The van der Waals surface area contributed by atoms with Crippen LogP contribution in [0.1, 0.15) is 65.2 Å². The highest BCUT2D eigenvalue weighted by molar-refractivity contribution is 5.50. The first-order valence-electron chi connectivity index (χ1n) is 8.56. The molecule has 0 aromatic heterocycles. The number of fused-ring (bicyclic) bond motifs is 2. The summed E-state index contributed by atoms with van der Waals surface area (Å²) in [6.45, 7) is 4.79. The zero-order valence-corrected chi connectivity index (χ0v) is 13.6. The fourth-order valence-corrected chi connectivity index (χ4v) is 4.16. The van der Waals surface area contributed by atoms with Gasteiger partial charge in [-0.05, 0) is 37.5 Å². The quantitative estimate of drug-likeness (QED) is 0.706. The Hall–Kier alpha value is -0.450. The minimum atomic E-state index is -0.489. The Labute approximate surface area is 129 Å². The molecule has 2 heterocycles. The van der Waals surface area contributed by atoms with Crippen LogP contribution in [0.5, 0.6) is 0 Å². The van der Waals surface area contributed by atoms with Crippen molar-refractivity contribution in [1.82, 2.24) is 4.90 Å². The van der Waals surface area contributed by atoms with Crippen LogP contribution in [0.4, 0.5) is 0 Å². The van der Waals surface area contributed by atoms with Gasteiger partial charge in [0.25, 0.3) is 0 Å². The number of aliphatic hydroxyl groups is 1. The van der Waals surface area contributed by atoms with E-state index in [1.807, 2.05) is 13.8 Å². The first-order valence-corrected chi connectivity index (χ1v) is 8.56. The number of carbonyl (C=O) groups excluding carboxylic acids is 1. The highest BCUT2D eigenvalue weighted by Gasteiger charge is 2.36. The summed E-state index contributed by atoms with van der Waals surface area (Å²) in [4.78, 5) is 13.2. The van der Waals surface area contributed by atoms with E-state index in [-0.39, 0.29) is 11.5 Å². The third-order valence-corrected chi connectivity index (χ3v) is 5.40. The van der Waals surface area contributed by atoms with E-state index >= 15 is 0 Å². The lowest BCUT2D eigenvalue weighted by Gasteiger charge is -2.47. The van der Waals surface area contributed by atoms with Gasteiger partial charge < -0.3 is 15.6 Å². The van der Waals surface area contributed by atoms with Gasteiger partial charge in [0, 0.05) is 31.1 Å². The lowest BCUT2D eigenvalue weighted by Crippen LogP contribution is -2.55. The molecule has 4 heteroatoms. The van der Waals surface area contributed by atoms with E-state index in [1.54, 1.807) is 0 Å². The maximum Gasteiger partial charge on any atom is 0.120 e. The SMILES string of the molecule is CC(C)(CC=O)C[C@H](N)[C@@H](O)CN1C2CCCC1CCC2. The van der Waals surface area contributed by atoms with Gasteiger partial charge in [0.1, 0.15) is 6.29 Å². The molecule has 0 aromatic rings. The third-order valence-electron chi connectivity index (χ3n) is 5.40. The van der Waals surface area contributed by atoms with E-state index in [0.29, 0.717) is 31.5 Å². The largest absolute Gasteiger partial charge is 0.390 e. The average Bonchev–Trinajstić information content (AvgIpc) is 2.37. The summed E-state index contributed by atoms with van der Waals surface area (Å²) >= 11 is 0. The normalized spacial score (nSPS) is 29.9. The van der Waals surface area contributed by atoms with Gasteiger partial charge in [0.15, 0.2) is 0 Å². The number of rotatable bonds is 7. The van der Waals surface area contributed by atoms with Crippen LogP contribution in [0.2, 0.25) is 0 Å². The van der Waals surface area contributed by atoms with Crippen LogP contribution in [0, 0.1) is 5.41 Å². The minimum Gasteiger partial charge on any atom is -0.390 e. The third kappa shape index (κ3) is 4.51. The Morgan fingerprint density at radius 3 is 2.24 bits per heavy atom. The lowest BCUT2D eigenvalue weighted by atomic mass is 9.81. The van der Waals surface area contributed by atoms with Crippen molar-refractivity contribution in [1.29, 1.82) is 0 Å². The van der Waals surface area contributed by atoms with Crippen LogP contribution in [-0.2, 0) is 4.79 Å². The van der Waals surface area contributed by atoms with Crippen molar-refractivity contribution >= 4 is 6.29 Å². The highest BCUT2D eigenvalue weighted by atomic mass is 16.3. The van der Waals surface area contributed by atoms with Gasteiger partial charge in [-0.25, -0.2) is 0 Å². The standard InChI is InChI=1S/C17H32N2O2/c1-17(2,9-10-20)11-15(18)16(21)12-19-13-5-3-6-14(19)8-4-7-13/h10,13-16,21H,3-9,11-12,18H2,1-2H3/t13?,14?,15-,16-/m0/s1. The summed E-state index contributed by atoms with van der Waals surface area (Å²) in [5.74, 6) is 0. The molecule has 2 rings (SSSR count). The van der Waals surface area contributed by atoms with Gasteiger partial charge in [-0.1, -0.05) is 26.7 Å². The van der Waals surface area contributed by atoms with Crippen molar-refractivity contribution < 1.29 is 9.90 Å². The van der Waals surface area contributed by atoms with E-state index in [2.05, 4.69) is 4.90 Å². The molecule has 4 nitrogen and oxygen atoms in total. The molecular formula is C17H32N2O2. The molecule has 0 aromatic carbocycles. The topological polar surface area (TPSA) is 66.6 Å². The van der Waals surface area contributed by atoms with Gasteiger partial charge in [-0.3, -0.25) is 4.90 Å². The molecule has 21 heavy (non-hydrogen) atoms. The number of hydrogen-bond donors (Lipinski definition) is 2. The molecule has 2 bridgehead atoms. The summed E-state index contributed by atoms with van der Waals surface area (Å²) in [6.07, 6.45) is 9.42. The first-order chi connectivity index (χ1) is 9.93. The molecule has 0 aliphatic carbocycles. The summed E-state index contributed by atoms with van der Waals surface area (Å²) < 4.78 is 0. The maximum absolute atomic E-state index is 10.7. The predicted octanol–water partition coefficient (Wildman–Crippen LogP) is 2.09.